The lowest BCUT2D eigenvalue weighted by atomic mass is 10.0. The molecule has 0 spiro atoms. The summed E-state index contributed by atoms with van der Waals surface area (Å²) in [6.45, 7) is -0.606. The van der Waals surface area contributed by atoms with E-state index in [0.717, 1.165) is 0 Å². The van der Waals surface area contributed by atoms with Crippen molar-refractivity contribution in [1.29, 1.82) is 0 Å². The normalized spacial score (nSPS) is 49.2. The van der Waals surface area contributed by atoms with Crippen LogP contribution in [0.2, 0.25) is 0 Å². The molecule has 0 unspecified atom stereocenters. The highest BCUT2D eigenvalue weighted by molar-refractivity contribution is 4.88. The number of hydrogen-bond acceptors (Lipinski definition) is 5. The number of rotatable bonds is 1. The van der Waals surface area contributed by atoms with Crippen molar-refractivity contribution in [1.82, 2.24) is 0 Å². The predicted molar refractivity (Wildman–Crippen MR) is 34.9 cm³/mol. The van der Waals surface area contributed by atoms with E-state index in [9.17, 15) is 4.39 Å². The Hall–Kier alpha value is -0.270. The first-order valence-corrected chi connectivity index (χ1v) is 3.52. The van der Waals surface area contributed by atoms with E-state index in [1.807, 2.05) is 0 Å². The van der Waals surface area contributed by atoms with E-state index in [1.54, 1.807) is 0 Å². The van der Waals surface area contributed by atoms with E-state index < -0.39 is 37.4 Å². The van der Waals surface area contributed by atoms with Gasteiger partial charge in [-0.15, -0.1) is 0 Å². The first-order valence-electron chi connectivity index (χ1n) is 3.52. The van der Waals surface area contributed by atoms with Gasteiger partial charge in [0.2, 0.25) is 0 Å². The summed E-state index contributed by atoms with van der Waals surface area (Å²) >= 11 is 0. The van der Waals surface area contributed by atoms with Crippen molar-refractivity contribution < 1.29 is 29.6 Å². The van der Waals surface area contributed by atoms with Gasteiger partial charge in [-0.1, -0.05) is 0 Å². The van der Waals surface area contributed by atoms with E-state index in [2.05, 4.69) is 4.74 Å². The number of aliphatic hydroxyl groups is 4. The van der Waals surface area contributed by atoms with Crippen molar-refractivity contribution in [3.8, 4) is 0 Å². The van der Waals surface area contributed by atoms with Crippen molar-refractivity contribution in [2.45, 2.75) is 30.8 Å². The van der Waals surface area contributed by atoms with Gasteiger partial charge in [-0.2, -0.15) is 0 Å². The molecule has 1 saturated heterocycles. The predicted octanol–water partition coefficient (Wildman–Crippen LogP) is -2.24. The Morgan fingerprint density at radius 1 is 1.17 bits per heavy atom. The third kappa shape index (κ3) is 1.57. The molecule has 0 aromatic rings. The molecule has 1 fully saturated rings. The summed E-state index contributed by atoms with van der Waals surface area (Å²) in [5.41, 5.74) is 0. The lowest BCUT2D eigenvalue weighted by Crippen LogP contribution is -2.56. The minimum Gasteiger partial charge on any atom is -0.394 e. The number of halogens is 1. The molecular formula is C6H11FO5. The summed E-state index contributed by atoms with van der Waals surface area (Å²) in [6.07, 6.45) is -8.24. The maximum atomic E-state index is 12.8. The summed E-state index contributed by atoms with van der Waals surface area (Å²) < 4.78 is 17.3. The van der Waals surface area contributed by atoms with Crippen LogP contribution in [0.3, 0.4) is 0 Å². The van der Waals surface area contributed by atoms with Gasteiger partial charge >= 0.3 is 0 Å². The Kier molecular flexibility index (Phi) is 2.97. The Morgan fingerprint density at radius 2 is 1.75 bits per heavy atom. The summed E-state index contributed by atoms with van der Waals surface area (Å²) in [4.78, 5) is 0. The molecule has 6 heteroatoms. The summed E-state index contributed by atoms with van der Waals surface area (Å²) in [6, 6.07) is 0. The highest BCUT2D eigenvalue weighted by Gasteiger charge is 2.43. The van der Waals surface area contributed by atoms with Gasteiger partial charge in [0, 0.05) is 0 Å². The molecule has 72 valence electrons. The molecule has 5 nitrogen and oxygen atoms in total. The van der Waals surface area contributed by atoms with Crippen LogP contribution < -0.4 is 0 Å². The zero-order valence-corrected chi connectivity index (χ0v) is 6.17. The summed E-state index contributed by atoms with van der Waals surface area (Å²) in [5.74, 6) is 0. The third-order valence-corrected chi connectivity index (χ3v) is 1.82. The molecule has 0 aromatic heterocycles. The highest BCUT2D eigenvalue weighted by Crippen LogP contribution is 2.21. The molecule has 0 saturated carbocycles. The zero-order valence-electron chi connectivity index (χ0n) is 6.17. The molecule has 1 aliphatic heterocycles. The second-order valence-electron chi connectivity index (χ2n) is 2.67. The standard InChI is InChI=1S/C6H11FO5/c7-3-4(9)2(1-8)12-6(11)5(3)10/h2-6,8-11H,1H2/t2-,3+,4-,5-,6+/m1/s1. The molecule has 0 amide bonds. The summed E-state index contributed by atoms with van der Waals surface area (Å²) in [5, 5.41) is 35.2. The van der Waals surface area contributed by atoms with Crippen LogP contribution in [0.1, 0.15) is 0 Å². The van der Waals surface area contributed by atoms with Gasteiger partial charge in [-0.25, -0.2) is 4.39 Å². The van der Waals surface area contributed by atoms with Gasteiger partial charge in [0.15, 0.2) is 12.5 Å². The van der Waals surface area contributed by atoms with Crippen molar-refractivity contribution in [3.05, 3.63) is 0 Å². The van der Waals surface area contributed by atoms with Gasteiger partial charge in [-0.05, 0) is 0 Å². The largest absolute Gasteiger partial charge is 0.394 e. The van der Waals surface area contributed by atoms with Gasteiger partial charge < -0.3 is 25.2 Å². The smallest absolute Gasteiger partial charge is 0.184 e. The summed E-state index contributed by atoms with van der Waals surface area (Å²) in [7, 11) is 0. The van der Waals surface area contributed by atoms with Crippen LogP contribution in [0.25, 0.3) is 0 Å². The minimum absolute atomic E-state index is 0.606. The number of hydrogen-bond donors (Lipinski definition) is 4. The lowest BCUT2D eigenvalue weighted by Gasteiger charge is -2.36. The Balaban J connectivity index is 2.63. The fourth-order valence-corrected chi connectivity index (χ4v) is 1.06. The molecule has 1 aliphatic rings. The maximum Gasteiger partial charge on any atom is 0.184 e. The van der Waals surface area contributed by atoms with E-state index in [-0.39, 0.29) is 0 Å². The van der Waals surface area contributed by atoms with Gasteiger partial charge in [0.05, 0.1) is 6.61 Å². The fourth-order valence-electron chi connectivity index (χ4n) is 1.06. The molecule has 1 rings (SSSR count). The topological polar surface area (TPSA) is 90.2 Å². The van der Waals surface area contributed by atoms with Crippen molar-refractivity contribution >= 4 is 0 Å². The molecule has 0 radical (unpaired) electrons. The first-order chi connectivity index (χ1) is 5.57. The van der Waals surface area contributed by atoms with Crippen LogP contribution >= 0.6 is 0 Å². The molecule has 0 aliphatic carbocycles. The molecule has 5 atom stereocenters. The van der Waals surface area contributed by atoms with E-state index in [4.69, 9.17) is 20.4 Å². The second-order valence-corrected chi connectivity index (χ2v) is 2.67. The molecule has 12 heavy (non-hydrogen) atoms. The fraction of sp³-hybridized carbons (Fsp3) is 1.00. The Bertz CT molecular complexity index is 150. The van der Waals surface area contributed by atoms with Gasteiger partial charge in [-0.3, -0.25) is 0 Å². The zero-order chi connectivity index (χ0) is 9.30. The van der Waals surface area contributed by atoms with Crippen molar-refractivity contribution in [2.24, 2.45) is 0 Å². The molecule has 1 heterocycles. The average Bonchev–Trinajstić information content (AvgIpc) is 2.08. The SMILES string of the molecule is OC[C@H]1O[C@H](O)[C@H](O)[C@@H](F)[C@@H]1O. The molecule has 0 bridgehead atoms. The third-order valence-electron chi connectivity index (χ3n) is 1.82. The van der Waals surface area contributed by atoms with Crippen molar-refractivity contribution in [3.63, 3.8) is 0 Å². The molecular weight excluding hydrogens is 171 g/mol. The second kappa shape index (κ2) is 3.63. The Morgan fingerprint density at radius 3 is 2.25 bits per heavy atom. The van der Waals surface area contributed by atoms with Crippen LogP contribution in [0.15, 0.2) is 0 Å². The monoisotopic (exact) mass is 182 g/mol. The van der Waals surface area contributed by atoms with Gasteiger partial charge in [0.1, 0.15) is 18.3 Å². The highest BCUT2D eigenvalue weighted by atomic mass is 19.1. The number of aliphatic hydroxyl groups excluding tert-OH is 4. The average molecular weight is 182 g/mol. The van der Waals surface area contributed by atoms with E-state index >= 15 is 0 Å². The van der Waals surface area contributed by atoms with Crippen LogP contribution in [-0.4, -0.2) is 57.8 Å². The Labute approximate surface area is 68.0 Å². The van der Waals surface area contributed by atoms with Crippen LogP contribution in [0.5, 0.6) is 0 Å². The van der Waals surface area contributed by atoms with Crippen LogP contribution in [0, 0.1) is 0 Å². The maximum absolute atomic E-state index is 12.8. The number of alkyl halides is 1. The van der Waals surface area contributed by atoms with E-state index in [1.165, 1.54) is 0 Å². The van der Waals surface area contributed by atoms with Crippen molar-refractivity contribution in [2.75, 3.05) is 6.61 Å². The molecule has 0 aromatic carbocycles. The molecule has 4 N–H and O–H groups in total. The van der Waals surface area contributed by atoms with Gasteiger partial charge in [0.25, 0.3) is 0 Å². The number of ether oxygens (including phenoxy) is 1. The van der Waals surface area contributed by atoms with Crippen LogP contribution in [0.4, 0.5) is 4.39 Å². The van der Waals surface area contributed by atoms with Crippen LogP contribution in [-0.2, 0) is 4.74 Å². The first kappa shape index (κ1) is 9.82. The van der Waals surface area contributed by atoms with E-state index in [0.29, 0.717) is 0 Å². The lowest BCUT2D eigenvalue weighted by molar-refractivity contribution is -0.274. The minimum atomic E-state index is -1.99. The quantitative estimate of drug-likeness (QED) is 0.368.